The molecule has 35 heavy (non-hydrogen) atoms. The number of benzene rings is 3. The molecule has 176 valence electrons. The van der Waals surface area contributed by atoms with Gasteiger partial charge in [0.25, 0.3) is 5.56 Å². The number of H-pyrrole nitrogens is 1. The fourth-order valence-electron chi connectivity index (χ4n) is 4.44. The molecule has 0 aliphatic heterocycles. The molecule has 1 aliphatic carbocycles. The van der Waals surface area contributed by atoms with Crippen molar-refractivity contribution in [3.05, 3.63) is 93.4 Å². The molecule has 4 aromatic rings. The van der Waals surface area contributed by atoms with Crippen LogP contribution in [0.5, 0.6) is 5.75 Å². The van der Waals surface area contributed by atoms with Crippen LogP contribution in [0.4, 0.5) is 11.4 Å². The van der Waals surface area contributed by atoms with Gasteiger partial charge in [-0.05, 0) is 79.6 Å². The van der Waals surface area contributed by atoms with Crippen molar-refractivity contribution in [1.82, 2.24) is 9.78 Å². The minimum Gasteiger partial charge on any atom is -0.505 e. The van der Waals surface area contributed by atoms with Gasteiger partial charge in [0.05, 0.1) is 16.9 Å². The van der Waals surface area contributed by atoms with Crippen LogP contribution in [-0.2, 0) is 12.8 Å². The number of carboxylic acids is 1. The van der Waals surface area contributed by atoms with Gasteiger partial charge < -0.3 is 10.2 Å². The average Bonchev–Trinajstić information content (AvgIpc) is 3.16. The molecule has 0 fully saturated rings. The van der Waals surface area contributed by atoms with E-state index in [1.807, 2.05) is 6.07 Å². The highest BCUT2D eigenvalue weighted by Crippen LogP contribution is 2.38. The molecule has 1 aliphatic rings. The minimum absolute atomic E-state index is 0.109. The summed E-state index contributed by atoms with van der Waals surface area (Å²) < 4.78 is 1.47. The lowest BCUT2D eigenvalue weighted by Gasteiger charge is -2.16. The number of hydrogen-bond donors (Lipinski definition) is 3. The fraction of sp³-hybridized carbons (Fsp3) is 0.185. The summed E-state index contributed by atoms with van der Waals surface area (Å²) in [4.78, 5) is 24.2. The number of nitrogens with one attached hydrogen (secondary N) is 1. The van der Waals surface area contributed by atoms with Crippen molar-refractivity contribution in [2.45, 2.75) is 32.6 Å². The number of aromatic nitrogens is 2. The predicted molar refractivity (Wildman–Crippen MR) is 132 cm³/mol. The number of rotatable bonds is 5. The molecule has 0 unspecified atom stereocenters. The van der Waals surface area contributed by atoms with E-state index < -0.39 is 5.97 Å². The quantitative estimate of drug-likeness (QED) is 0.319. The van der Waals surface area contributed by atoms with Gasteiger partial charge in [0.2, 0.25) is 0 Å². The first-order chi connectivity index (χ1) is 16.9. The third-order valence-electron chi connectivity index (χ3n) is 6.35. The Labute approximate surface area is 201 Å². The highest BCUT2D eigenvalue weighted by molar-refractivity contribution is 5.88. The summed E-state index contributed by atoms with van der Waals surface area (Å²) in [5.74, 6) is -1.13. The Morgan fingerprint density at radius 2 is 1.71 bits per heavy atom. The van der Waals surface area contributed by atoms with Gasteiger partial charge in [-0.2, -0.15) is 0 Å². The number of fused-ring (bicyclic) bond motifs is 1. The molecule has 0 amide bonds. The van der Waals surface area contributed by atoms with Gasteiger partial charge in [-0.1, -0.05) is 30.3 Å². The Kier molecular flexibility index (Phi) is 5.78. The Balaban J connectivity index is 1.46. The van der Waals surface area contributed by atoms with Crippen LogP contribution in [0.1, 0.15) is 40.0 Å². The van der Waals surface area contributed by atoms with E-state index in [-0.39, 0.29) is 28.2 Å². The number of azo groups is 1. The van der Waals surface area contributed by atoms with E-state index in [4.69, 9.17) is 5.11 Å². The number of carboxylic acid groups (broad SMARTS) is 1. The van der Waals surface area contributed by atoms with E-state index in [0.29, 0.717) is 16.8 Å². The van der Waals surface area contributed by atoms with E-state index in [9.17, 15) is 14.7 Å². The number of carbonyl (C=O) groups is 1. The molecule has 0 saturated heterocycles. The topological polar surface area (TPSA) is 120 Å². The van der Waals surface area contributed by atoms with Crippen molar-refractivity contribution >= 4 is 17.3 Å². The Hall–Kier alpha value is -4.46. The van der Waals surface area contributed by atoms with Gasteiger partial charge in [0, 0.05) is 5.56 Å². The maximum Gasteiger partial charge on any atom is 0.335 e. The number of hydrogen-bond acceptors (Lipinski definition) is 5. The summed E-state index contributed by atoms with van der Waals surface area (Å²) in [6.07, 6.45) is 4.43. The van der Waals surface area contributed by atoms with E-state index in [2.05, 4.69) is 27.5 Å². The lowest BCUT2D eigenvalue weighted by Crippen LogP contribution is -2.15. The molecule has 0 saturated carbocycles. The van der Waals surface area contributed by atoms with Gasteiger partial charge in [-0.3, -0.25) is 9.89 Å². The molecule has 5 rings (SSSR count). The SMILES string of the molecule is Cc1[nH]n(-c2ccc3c(c2)CCCC3)c(=O)c1N=Nc1cccc(-c2ccc(C(=O)O)cc2)c1O. The van der Waals surface area contributed by atoms with Crippen molar-refractivity contribution in [1.29, 1.82) is 0 Å². The summed E-state index contributed by atoms with van der Waals surface area (Å²) in [6, 6.07) is 17.3. The van der Waals surface area contributed by atoms with Gasteiger partial charge in [-0.15, -0.1) is 10.2 Å². The average molecular weight is 469 g/mol. The number of aryl methyl sites for hydroxylation is 3. The Morgan fingerprint density at radius 1 is 0.971 bits per heavy atom. The summed E-state index contributed by atoms with van der Waals surface area (Å²) in [7, 11) is 0. The number of nitrogens with zero attached hydrogens (tertiary/aromatic N) is 3. The fourth-order valence-corrected chi connectivity index (χ4v) is 4.44. The smallest absolute Gasteiger partial charge is 0.335 e. The van der Waals surface area contributed by atoms with Crippen molar-refractivity contribution < 1.29 is 15.0 Å². The third kappa shape index (κ3) is 4.26. The van der Waals surface area contributed by atoms with Gasteiger partial charge >= 0.3 is 5.97 Å². The van der Waals surface area contributed by atoms with Gasteiger partial charge in [0.15, 0.2) is 11.4 Å². The molecule has 1 heterocycles. The largest absolute Gasteiger partial charge is 0.505 e. The van der Waals surface area contributed by atoms with Crippen molar-refractivity contribution in [2.75, 3.05) is 0 Å². The summed E-state index contributed by atoms with van der Waals surface area (Å²) in [6.45, 7) is 1.75. The second-order valence-corrected chi connectivity index (χ2v) is 8.64. The summed E-state index contributed by atoms with van der Waals surface area (Å²) >= 11 is 0. The van der Waals surface area contributed by atoms with Crippen LogP contribution in [0.25, 0.3) is 16.8 Å². The van der Waals surface area contributed by atoms with E-state index >= 15 is 0 Å². The first-order valence-corrected chi connectivity index (χ1v) is 11.4. The zero-order valence-corrected chi connectivity index (χ0v) is 19.2. The van der Waals surface area contributed by atoms with Crippen LogP contribution in [-0.4, -0.2) is 26.0 Å². The second-order valence-electron chi connectivity index (χ2n) is 8.64. The molecule has 8 nitrogen and oxygen atoms in total. The van der Waals surface area contributed by atoms with Crippen molar-refractivity contribution in [3.8, 4) is 22.6 Å². The maximum absolute atomic E-state index is 13.1. The van der Waals surface area contributed by atoms with E-state index in [1.165, 1.54) is 34.4 Å². The first-order valence-electron chi connectivity index (χ1n) is 11.4. The van der Waals surface area contributed by atoms with E-state index in [0.717, 1.165) is 24.9 Å². The monoisotopic (exact) mass is 468 g/mol. The highest BCUT2D eigenvalue weighted by atomic mass is 16.4. The van der Waals surface area contributed by atoms with Gasteiger partial charge in [-0.25, -0.2) is 9.48 Å². The van der Waals surface area contributed by atoms with Crippen LogP contribution in [0.3, 0.4) is 0 Å². The lowest BCUT2D eigenvalue weighted by atomic mass is 9.91. The van der Waals surface area contributed by atoms with Crippen LogP contribution in [0.15, 0.2) is 75.7 Å². The molecule has 0 spiro atoms. The molecule has 1 aromatic heterocycles. The maximum atomic E-state index is 13.1. The molecule has 0 radical (unpaired) electrons. The van der Waals surface area contributed by atoms with Crippen LogP contribution >= 0.6 is 0 Å². The van der Waals surface area contributed by atoms with Gasteiger partial charge in [0.1, 0.15) is 5.69 Å². The minimum atomic E-state index is -1.02. The van der Waals surface area contributed by atoms with Crippen LogP contribution in [0.2, 0.25) is 0 Å². The number of aromatic carboxylic acids is 1. The standard InChI is InChI=1S/C27H24N4O4/c1-16-24(26(33)31(30-16)21-14-13-17-5-2-3-6-20(17)15-21)29-28-23-8-4-7-22(25(23)32)18-9-11-19(12-10-18)27(34)35/h4,7-15,30,32H,2-3,5-6H2,1H3,(H,34,35). The molecular weight excluding hydrogens is 444 g/mol. The predicted octanol–water partition coefficient (Wildman–Crippen LogP) is 5.84. The third-order valence-corrected chi connectivity index (χ3v) is 6.35. The first kappa shape index (κ1) is 22.3. The van der Waals surface area contributed by atoms with Crippen molar-refractivity contribution in [3.63, 3.8) is 0 Å². The number of para-hydroxylation sites is 1. The molecule has 3 N–H and O–H groups in total. The highest BCUT2D eigenvalue weighted by Gasteiger charge is 2.16. The zero-order chi connectivity index (χ0) is 24.5. The zero-order valence-electron chi connectivity index (χ0n) is 19.2. The molecule has 8 heteroatoms. The number of phenolic OH excluding ortho intramolecular Hbond substituents is 1. The molecule has 0 atom stereocenters. The lowest BCUT2D eigenvalue weighted by molar-refractivity contribution is 0.0697. The molecule has 0 bridgehead atoms. The molecular formula is C27H24N4O4. The normalized spacial score (nSPS) is 13.2. The second kappa shape index (κ2) is 9.06. The summed E-state index contributed by atoms with van der Waals surface area (Å²) in [5, 5.41) is 31.3. The number of phenols is 1. The molecule has 3 aromatic carbocycles. The van der Waals surface area contributed by atoms with E-state index in [1.54, 1.807) is 37.3 Å². The summed E-state index contributed by atoms with van der Waals surface area (Å²) in [5.41, 5.74) is 5.25. The Morgan fingerprint density at radius 3 is 2.46 bits per heavy atom. The Bertz CT molecular complexity index is 1510. The number of aromatic hydroxyl groups is 1. The van der Waals surface area contributed by atoms with Crippen LogP contribution < -0.4 is 5.56 Å². The van der Waals surface area contributed by atoms with Crippen LogP contribution in [0, 0.1) is 6.92 Å². The van der Waals surface area contributed by atoms with Crippen molar-refractivity contribution in [2.24, 2.45) is 10.2 Å². The number of aromatic amines is 1.